The molecule has 452 valence electrons. The molecule has 0 aromatic carbocycles. The Balaban J connectivity index is 3.90. The lowest BCUT2D eigenvalue weighted by atomic mass is 10.0. The number of allylic oxidation sites excluding steroid dienone is 14. The Morgan fingerprint density at radius 3 is 1.10 bits per heavy atom. The zero-order valence-corrected chi connectivity index (χ0v) is 52.2. The van der Waals surface area contributed by atoms with Gasteiger partial charge in [-0.05, 0) is 89.9 Å². The topological polar surface area (TPSA) is 111 Å². The first-order valence-electron chi connectivity index (χ1n) is 32.3. The number of phosphoric ester groups is 1. The zero-order valence-electron chi connectivity index (χ0n) is 51.3. The van der Waals surface area contributed by atoms with Gasteiger partial charge in [-0.3, -0.25) is 14.2 Å². The fourth-order valence-corrected chi connectivity index (χ4v) is 9.68. The van der Waals surface area contributed by atoms with Crippen LogP contribution in [-0.4, -0.2) is 70.0 Å². The smallest absolute Gasteiger partial charge is 0.306 e. The van der Waals surface area contributed by atoms with Crippen LogP contribution in [0.1, 0.15) is 284 Å². The molecular weight excluding hydrogens is 990 g/mol. The molecule has 0 amide bonds. The molecule has 0 rings (SSSR count). The fourth-order valence-electron chi connectivity index (χ4n) is 8.95. The third-order valence-electron chi connectivity index (χ3n) is 13.9. The first-order valence-corrected chi connectivity index (χ1v) is 33.8. The predicted molar refractivity (Wildman–Crippen MR) is 332 cm³/mol. The highest BCUT2D eigenvalue weighted by molar-refractivity contribution is 7.45. The van der Waals surface area contributed by atoms with Crippen molar-refractivity contribution in [2.24, 2.45) is 0 Å². The third-order valence-corrected chi connectivity index (χ3v) is 14.9. The number of ether oxygens (including phenoxy) is 2. The largest absolute Gasteiger partial charge is 0.756 e. The van der Waals surface area contributed by atoms with Gasteiger partial charge in [-0.25, -0.2) is 0 Å². The summed E-state index contributed by atoms with van der Waals surface area (Å²) in [5.41, 5.74) is 0. The van der Waals surface area contributed by atoms with Gasteiger partial charge in [0.05, 0.1) is 27.7 Å². The van der Waals surface area contributed by atoms with Crippen LogP contribution in [0, 0.1) is 0 Å². The number of unbranched alkanes of at least 4 members (excludes halogenated alkanes) is 31. The molecule has 0 N–H and O–H groups in total. The van der Waals surface area contributed by atoms with E-state index in [1.807, 2.05) is 21.1 Å². The highest BCUT2D eigenvalue weighted by atomic mass is 31.2. The maximum Gasteiger partial charge on any atom is 0.306 e. The molecule has 2 atom stereocenters. The Morgan fingerprint density at radius 2 is 0.731 bits per heavy atom. The Morgan fingerprint density at radius 1 is 0.410 bits per heavy atom. The van der Waals surface area contributed by atoms with Crippen LogP contribution in [0.2, 0.25) is 0 Å². The first-order chi connectivity index (χ1) is 38.0. The van der Waals surface area contributed by atoms with Gasteiger partial charge < -0.3 is 27.9 Å². The number of phosphoric acid groups is 1. The van der Waals surface area contributed by atoms with Crippen LogP contribution in [-0.2, 0) is 32.7 Å². The summed E-state index contributed by atoms with van der Waals surface area (Å²) in [4.78, 5) is 37.8. The minimum Gasteiger partial charge on any atom is -0.756 e. The number of esters is 2. The van der Waals surface area contributed by atoms with Gasteiger partial charge >= 0.3 is 11.9 Å². The van der Waals surface area contributed by atoms with Crippen molar-refractivity contribution in [2.45, 2.75) is 290 Å². The van der Waals surface area contributed by atoms with E-state index in [1.54, 1.807) is 0 Å². The molecule has 10 heteroatoms. The van der Waals surface area contributed by atoms with E-state index in [2.05, 4.69) is 98.9 Å². The summed E-state index contributed by atoms with van der Waals surface area (Å²) in [6.07, 6.45) is 79.6. The summed E-state index contributed by atoms with van der Waals surface area (Å²) in [6, 6.07) is 0. The van der Waals surface area contributed by atoms with Crippen LogP contribution in [0.4, 0.5) is 0 Å². The molecule has 9 nitrogen and oxygen atoms in total. The van der Waals surface area contributed by atoms with E-state index in [-0.39, 0.29) is 32.0 Å². The van der Waals surface area contributed by atoms with E-state index in [9.17, 15) is 19.0 Å². The van der Waals surface area contributed by atoms with E-state index in [0.717, 1.165) is 96.3 Å². The van der Waals surface area contributed by atoms with Crippen LogP contribution < -0.4 is 4.89 Å². The highest BCUT2D eigenvalue weighted by Gasteiger charge is 2.22. The number of hydrogen-bond acceptors (Lipinski definition) is 8. The maximum absolute atomic E-state index is 12.8. The summed E-state index contributed by atoms with van der Waals surface area (Å²) >= 11 is 0. The minimum atomic E-state index is -4.64. The number of carbonyl (C=O) groups is 2. The van der Waals surface area contributed by atoms with Crippen molar-refractivity contribution < 1.29 is 42.1 Å². The molecule has 0 radical (unpaired) electrons. The van der Waals surface area contributed by atoms with Gasteiger partial charge in [-0.1, -0.05) is 266 Å². The SMILES string of the molecule is CC/C=C\C/C=C\C/C=C\C/C=C\C/C=C\C/C=C\CCCCCCCCCCCCCCCCCCCCCCCCC(=O)OC(COC(=O)CCCCCCC/C=C\CCCCCC)COP(=O)([O-])OCC[N+](C)(C)C. The van der Waals surface area contributed by atoms with E-state index < -0.39 is 26.5 Å². The molecular formula is C68H122NO8P. The molecule has 0 fully saturated rings. The molecule has 0 heterocycles. The number of nitrogens with zero attached hydrogens (tertiary/aromatic N) is 1. The van der Waals surface area contributed by atoms with E-state index in [0.29, 0.717) is 17.4 Å². The lowest BCUT2D eigenvalue weighted by Crippen LogP contribution is -2.37. The number of hydrogen-bond donors (Lipinski definition) is 0. The molecule has 0 aliphatic rings. The average molecular weight is 1110 g/mol. The maximum atomic E-state index is 12.8. The first kappa shape index (κ1) is 75.2. The van der Waals surface area contributed by atoms with E-state index in [1.165, 1.54) is 154 Å². The normalized spacial score (nSPS) is 13.8. The number of likely N-dealkylation sites (N-methyl/N-ethyl adjacent to an activating group) is 1. The quantitative estimate of drug-likeness (QED) is 0.0195. The van der Waals surface area contributed by atoms with Crippen molar-refractivity contribution in [1.29, 1.82) is 0 Å². The van der Waals surface area contributed by atoms with Gasteiger partial charge in [0.15, 0.2) is 6.10 Å². The molecule has 0 spiro atoms. The van der Waals surface area contributed by atoms with Crippen LogP contribution in [0.5, 0.6) is 0 Å². The van der Waals surface area contributed by atoms with Gasteiger partial charge in [-0.2, -0.15) is 0 Å². The van der Waals surface area contributed by atoms with E-state index >= 15 is 0 Å². The second kappa shape index (κ2) is 58.8. The standard InChI is InChI=1S/C68H122NO8P/c1-6-8-10-12-14-16-18-20-21-22-23-24-25-26-27-28-29-30-31-32-33-34-35-36-37-38-39-40-41-42-43-44-45-46-47-49-51-53-55-57-59-61-68(71)77-66(65-76-78(72,73)75-63-62-69(3,4)5)64-74-67(70)60-58-56-54-52-50-48-19-17-15-13-11-9-7-2/h8,10,14,16-17,19-21,23-24,26-27,29-30,66H,6-7,9,11-13,15,18,22,25,28,31-65H2,1-5H3/b10-8-,16-14-,19-17-,21-20-,24-23-,27-26-,30-29-. The molecule has 0 saturated heterocycles. The Labute approximate surface area is 481 Å². The lowest BCUT2D eigenvalue weighted by Gasteiger charge is -2.28. The van der Waals surface area contributed by atoms with Crippen LogP contribution in [0.3, 0.4) is 0 Å². The zero-order chi connectivity index (χ0) is 57.0. The molecule has 2 unspecified atom stereocenters. The molecule has 0 bridgehead atoms. The molecule has 0 aromatic rings. The van der Waals surface area contributed by atoms with Gasteiger partial charge in [0.1, 0.15) is 19.8 Å². The van der Waals surface area contributed by atoms with Gasteiger partial charge in [0.2, 0.25) is 0 Å². The van der Waals surface area contributed by atoms with E-state index in [4.69, 9.17) is 18.5 Å². The van der Waals surface area contributed by atoms with Gasteiger partial charge in [0.25, 0.3) is 7.82 Å². The van der Waals surface area contributed by atoms with Crippen molar-refractivity contribution in [2.75, 3.05) is 47.5 Å². The van der Waals surface area contributed by atoms with Crippen LogP contribution in [0.25, 0.3) is 0 Å². The van der Waals surface area contributed by atoms with Crippen molar-refractivity contribution in [3.8, 4) is 0 Å². The summed E-state index contributed by atoms with van der Waals surface area (Å²) in [7, 11) is 1.17. The Bertz CT molecular complexity index is 1590. The summed E-state index contributed by atoms with van der Waals surface area (Å²) in [5, 5.41) is 0. The second-order valence-electron chi connectivity index (χ2n) is 22.7. The molecule has 0 aliphatic carbocycles. The summed E-state index contributed by atoms with van der Waals surface area (Å²) in [5.74, 6) is -0.835. The average Bonchev–Trinajstić information content (AvgIpc) is 3.40. The van der Waals surface area contributed by atoms with Crippen molar-refractivity contribution in [1.82, 2.24) is 0 Å². The monoisotopic (exact) mass is 1110 g/mol. The summed E-state index contributed by atoms with van der Waals surface area (Å²) < 4.78 is 34.1. The molecule has 0 aromatic heterocycles. The third kappa shape index (κ3) is 62.4. The number of rotatable bonds is 59. The van der Waals surface area contributed by atoms with Gasteiger partial charge in [0, 0.05) is 12.8 Å². The van der Waals surface area contributed by atoms with Crippen LogP contribution >= 0.6 is 7.82 Å². The number of quaternary nitrogens is 1. The number of carbonyl (C=O) groups excluding carboxylic acids is 2. The van der Waals surface area contributed by atoms with Crippen LogP contribution in [0.15, 0.2) is 85.1 Å². The Hall–Kier alpha value is -2.81. The minimum absolute atomic E-state index is 0.0322. The second-order valence-corrected chi connectivity index (χ2v) is 24.2. The predicted octanol–water partition coefficient (Wildman–Crippen LogP) is 20.0. The van der Waals surface area contributed by atoms with Crippen molar-refractivity contribution in [3.05, 3.63) is 85.1 Å². The van der Waals surface area contributed by atoms with Gasteiger partial charge in [-0.15, -0.1) is 0 Å². The van der Waals surface area contributed by atoms with Crippen molar-refractivity contribution >= 4 is 19.8 Å². The molecule has 0 saturated carbocycles. The molecule has 0 aliphatic heterocycles. The molecule has 78 heavy (non-hydrogen) atoms. The lowest BCUT2D eigenvalue weighted by molar-refractivity contribution is -0.870. The fraction of sp³-hybridized carbons (Fsp3) is 0.765. The Kier molecular flexibility index (Phi) is 56.7. The van der Waals surface area contributed by atoms with Crippen molar-refractivity contribution in [3.63, 3.8) is 0 Å². The summed E-state index contributed by atoms with van der Waals surface area (Å²) in [6.45, 7) is 4.12. The highest BCUT2D eigenvalue weighted by Crippen LogP contribution is 2.38.